The third-order valence-electron chi connectivity index (χ3n) is 1.77. The first-order valence-corrected chi connectivity index (χ1v) is 3.83. The van der Waals surface area contributed by atoms with Crippen molar-refractivity contribution in [1.82, 2.24) is 5.32 Å². The maximum absolute atomic E-state index is 5.50. The van der Waals surface area contributed by atoms with Crippen LogP contribution in [-0.2, 0) is 0 Å². The second kappa shape index (κ2) is 3.28. The summed E-state index contributed by atoms with van der Waals surface area (Å²) in [4.78, 5) is 0. The van der Waals surface area contributed by atoms with Crippen LogP contribution in [0.15, 0.2) is 36.2 Å². The number of rotatable bonds is 2. The molecule has 0 aromatic carbocycles. The van der Waals surface area contributed by atoms with Gasteiger partial charge in [0.2, 0.25) is 0 Å². The molecular weight excluding hydrogens is 136 g/mol. The van der Waals surface area contributed by atoms with Crippen LogP contribution >= 0.6 is 0 Å². The van der Waals surface area contributed by atoms with Crippen molar-refractivity contribution in [1.29, 1.82) is 0 Å². The molecule has 1 heterocycles. The molecule has 0 aliphatic carbocycles. The molecule has 1 aliphatic rings. The molecule has 2 nitrogen and oxygen atoms in total. The van der Waals surface area contributed by atoms with Crippen LogP contribution in [0.3, 0.4) is 0 Å². The molecule has 0 aromatic heterocycles. The van der Waals surface area contributed by atoms with Gasteiger partial charge in [-0.1, -0.05) is 25.7 Å². The smallest absolute Gasteiger partial charge is 0.0439 e. The fourth-order valence-corrected chi connectivity index (χ4v) is 0.974. The molecule has 0 bridgehead atoms. The standard InChI is InChI=1S/C9H14N2/c1-3-9-5-4-8(6-11-9)7(2)10/h4-6,9,11H,2-3,10H2,1H3. The fourth-order valence-electron chi connectivity index (χ4n) is 0.974. The second-order valence-electron chi connectivity index (χ2n) is 2.67. The lowest BCUT2D eigenvalue weighted by Gasteiger charge is -2.16. The summed E-state index contributed by atoms with van der Waals surface area (Å²) < 4.78 is 0. The lowest BCUT2D eigenvalue weighted by Crippen LogP contribution is -2.24. The third kappa shape index (κ3) is 1.87. The summed E-state index contributed by atoms with van der Waals surface area (Å²) in [5, 5.41) is 3.21. The van der Waals surface area contributed by atoms with Crippen LogP contribution in [0.25, 0.3) is 0 Å². The highest BCUT2D eigenvalue weighted by atomic mass is 14.9. The molecule has 0 saturated heterocycles. The Morgan fingerprint density at radius 1 is 1.82 bits per heavy atom. The van der Waals surface area contributed by atoms with E-state index in [9.17, 15) is 0 Å². The molecule has 0 saturated carbocycles. The van der Waals surface area contributed by atoms with Crippen molar-refractivity contribution in [3.05, 3.63) is 36.2 Å². The van der Waals surface area contributed by atoms with Gasteiger partial charge >= 0.3 is 0 Å². The summed E-state index contributed by atoms with van der Waals surface area (Å²) in [6.45, 7) is 5.78. The summed E-state index contributed by atoms with van der Waals surface area (Å²) in [5.74, 6) is 0. The highest BCUT2D eigenvalue weighted by molar-refractivity contribution is 5.38. The molecular formula is C9H14N2. The van der Waals surface area contributed by atoms with E-state index >= 15 is 0 Å². The lowest BCUT2D eigenvalue weighted by atomic mass is 10.1. The Balaban J connectivity index is 2.60. The van der Waals surface area contributed by atoms with Crippen LogP contribution in [-0.4, -0.2) is 6.04 Å². The van der Waals surface area contributed by atoms with Gasteiger partial charge in [-0.25, -0.2) is 0 Å². The van der Waals surface area contributed by atoms with Gasteiger partial charge in [-0.05, 0) is 6.42 Å². The van der Waals surface area contributed by atoms with Crippen molar-refractivity contribution in [2.24, 2.45) is 5.73 Å². The summed E-state index contributed by atoms with van der Waals surface area (Å²) in [6.07, 6.45) is 7.12. The van der Waals surface area contributed by atoms with Crippen LogP contribution < -0.4 is 11.1 Å². The molecule has 11 heavy (non-hydrogen) atoms. The van der Waals surface area contributed by atoms with Gasteiger partial charge in [0.25, 0.3) is 0 Å². The molecule has 3 N–H and O–H groups in total. The lowest BCUT2D eigenvalue weighted by molar-refractivity contribution is 0.666. The maximum Gasteiger partial charge on any atom is 0.0439 e. The quantitative estimate of drug-likeness (QED) is 0.622. The van der Waals surface area contributed by atoms with E-state index in [0.29, 0.717) is 11.7 Å². The van der Waals surface area contributed by atoms with Crippen molar-refractivity contribution in [2.75, 3.05) is 0 Å². The van der Waals surface area contributed by atoms with Gasteiger partial charge in [-0.15, -0.1) is 0 Å². The zero-order chi connectivity index (χ0) is 8.27. The maximum atomic E-state index is 5.50. The average molecular weight is 150 g/mol. The second-order valence-corrected chi connectivity index (χ2v) is 2.67. The van der Waals surface area contributed by atoms with Crippen LogP contribution in [0.4, 0.5) is 0 Å². The topological polar surface area (TPSA) is 38.0 Å². The molecule has 1 rings (SSSR count). The monoisotopic (exact) mass is 150 g/mol. The van der Waals surface area contributed by atoms with Crippen LogP contribution in [0.1, 0.15) is 13.3 Å². The van der Waals surface area contributed by atoms with Crippen molar-refractivity contribution < 1.29 is 0 Å². The van der Waals surface area contributed by atoms with E-state index in [4.69, 9.17) is 5.73 Å². The van der Waals surface area contributed by atoms with Crippen LogP contribution in [0, 0.1) is 0 Å². The van der Waals surface area contributed by atoms with E-state index in [2.05, 4.69) is 24.9 Å². The van der Waals surface area contributed by atoms with Crippen molar-refractivity contribution in [3.8, 4) is 0 Å². The van der Waals surface area contributed by atoms with Gasteiger partial charge in [-0.2, -0.15) is 0 Å². The third-order valence-corrected chi connectivity index (χ3v) is 1.77. The van der Waals surface area contributed by atoms with E-state index in [1.165, 1.54) is 0 Å². The Labute approximate surface area is 67.5 Å². The normalized spacial score (nSPS) is 22.3. The van der Waals surface area contributed by atoms with Crippen LogP contribution in [0.5, 0.6) is 0 Å². The minimum Gasteiger partial charge on any atom is -0.399 e. The van der Waals surface area contributed by atoms with Crippen LogP contribution in [0.2, 0.25) is 0 Å². The first kappa shape index (κ1) is 7.92. The molecule has 60 valence electrons. The molecule has 0 radical (unpaired) electrons. The first-order valence-electron chi connectivity index (χ1n) is 3.83. The molecule has 0 amide bonds. The summed E-state index contributed by atoms with van der Waals surface area (Å²) in [6, 6.07) is 0.457. The van der Waals surface area contributed by atoms with E-state index in [1.54, 1.807) is 0 Å². The van der Waals surface area contributed by atoms with E-state index < -0.39 is 0 Å². The molecule has 0 spiro atoms. The predicted octanol–water partition coefficient (Wildman–Crippen LogP) is 1.28. The largest absolute Gasteiger partial charge is 0.399 e. The molecule has 1 unspecified atom stereocenters. The zero-order valence-corrected chi connectivity index (χ0v) is 6.80. The molecule has 0 fully saturated rings. The molecule has 1 atom stereocenters. The number of nitrogens with one attached hydrogen (secondary N) is 1. The summed E-state index contributed by atoms with van der Waals surface area (Å²) in [7, 11) is 0. The number of nitrogens with two attached hydrogens (primary N) is 1. The molecule has 2 heteroatoms. The SMILES string of the molecule is C=C(N)C1=CNC(CC)C=C1. The molecule has 0 aromatic rings. The minimum atomic E-state index is 0.457. The summed E-state index contributed by atoms with van der Waals surface area (Å²) in [5.41, 5.74) is 7.10. The Morgan fingerprint density at radius 3 is 2.91 bits per heavy atom. The van der Waals surface area contributed by atoms with Gasteiger partial charge < -0.3 is 11.1 Å². The first-order chi connectivity index (χ1) is 5.24. The Hall–Kier alpha value is -1.18. The number of dihydropyridines is 1. The van der Waals surface area contributed by atoms with Gasteiger partial charge in [-0.3, -0.25) is 0 Å². The van der Waals surface area contributed by atoms with Crippen molar-refractivity contribution in [2.45, 2.75) is 19.4 Å². The van der Waals surface area contributed by atoms with E-state index in [-0.39, 0.29) is 0 Å². The zero-order valence-electron chi connectivity index (χ0n) is 6.80. The van der Waals surface area contributed by atoms with Gasteiger partial charge in [0.1, 0.15) is 0 Å². The fraction of sp³-hybridized carbons (Fsp3) is 0.333. The van der Waals surface area contributed by atoms with Crippen molar-refractivity contribution >= 4 is 0 Å². The van der Waals surface area contributed by atoms with Gasteiger partial charge in [0.15, 0.2) is 0 Å². The predicted molar refractivity (Wildman–Crippen MR) is 47.8 cm³/mol. The average Bonchev–Trinajstić information content (AvgIpc) is 2.05. The Bertz CT molecular complexity index is 214. The van der Waals surface area contributed by atoms with Gasteiger partial charge in [0, 0.05) is 23.5 Å². The van der Waals surface area contributed by atoms with Gasteiger partial charge in [0.05, 0.1) is 0 Å². The highest BCUT2D eigenvalue weighted by Crippen LogP contribution is 2.09. The van der Waals surface area contributed by atoms with E-state index in [0.717, 1.165) is 12.0 Å². The van der Waals surface area contributed by atoms with E-state index in [1.807, 2.05) is 12.3 Å². The number of hydrogen-bond donors (Lipinski definition) is 2. The Kier molecular flexibility index (Phi) is 2.36. The Morgan fingerprint density at radius 2 is 2.55 bits per heavy atom. The highest BCUT2D eigenvalue weighted by Gasteiger charge is 2.04. The summed E-state index contributed by atoms with van der Waals surface area (Å²) >= 11 is 0. The molecule has 1 aliphatic heterocycles. The minimum absolute atomic E-state index is 0.457. The number of allylic oxidation sites excluding steroid dienone is 1. The number of hydrogen-bond acceptors (Lipinski definition) is 2. The van der Waals surface area contributed by atoms with Crippen molar-refractivity contribution in [3.63, 3.8) is 0 Å².